The Morgan fingerprint density at radius 2 is 0.969 bits per heavy atom. The molecular formula is C20H28N8O4. The number of rotatable bonds is 6. The summed E-state index contributed by atoms with van der Waals surface area (Å²) in [6.07, 6.45) is 3.52. The van der Waals surface area contributed by atoms with Crippen LogP contribution in [0.15, 0.2) is 19.2 Å². The molecule has 0 bridgehead atoms. The van der Waals surface area contributed by atoms with Crippen molar-refractivity contribution in [2.45, 2.75) is 53.4 Å². The quantitative estimate of drug-likeness (QED) is 0.258. The fourth-order valence-corrected chi connectivity index (χ4v) is 3.05. The van der Waals surface area contributed by atoms with E-state index in [0.717, 1.165) is 37.3 Å². The van der Waals surface area contributed by atoms with Crippen molar-refractivity contribution in [2.24, 2.45) is 11.8 Å². The van der Waals surface area contributed by atoms with E-state index in [2.05, 4.69) is 67.6 Å². The molecule has 0 amide bonds. The van der Waals surface area contributed by atoms with E-state index in [4.69, 9.17) is 0 Å². The number of aromatic nitrogens is 8. The number of hydrogen-bond donors (Lipinski definition) is 6. The molecule has 4 heterocycles. The van der Waals surface area contributed by atoms with E-state index in [1.165, 1.54) is 0 Å². The summed E-state index contributed by atoms with van der Waals surface area (Å²) in [4.78, 5) is 68.3. The summed E-state index contributed by atoms with van der Waals surface area (Å²) in [7, 11) is 0. The van der Waals surface area contributed by atoms with Gasteiger partial charge in [0.1, 0.15) is 22.7 Å². The lowest BCUT2D eigenvalue weighted by atomic mass is 10.1. The van der Waals surface area contributed by atoms with Crippen LogP contribution < -0.4 is 22.5 Å². The van der Waals surface area contributed by atoms with Crippen molar-refractivity contribution in [2.75, 3.05) is 0 Å². The molecule has 0 fully saturated rings. The fourth-order valence-electron chi connectivity index (χ4n) is 3.05. The standard InChI is InChI=1S/2C10H14N4O2/c2*1-5(2)3-4-6-11-7-8(12-6)13-10(16)14-9(7)15/h2*5H,3-4H2,1-2H3,(H3,11,12,13,14,15,16). The first kappa shape index (κ1) is 23.0. The summed E-state index contributed by atoms with van der Waals surface area (Å²) in [5.74, 6) is 2.61. The third-order valence-corrected chi connectivity index (χ3v) is 4.79. The molecule has 6 N–H and O–H groups in total. The molecule has 4 aromatic rings. The van der Waals surface area contributed by atoms with Gasteiger partial charge in [-0.15, -0.1) is 0 Å². The van der Waals surface area contributed by atoms with Crippen molar-refractivity contribution >= 4 is 22.3 Å². The number of nitrogens with zero attached hydrogens (tertiary/aromatic N) is 2. The number of hydrogen-bond acceptors (Lipinski definition) is 6. The molecule has 0 aliphatic rings. The van der Waals surface area contributed by atoms with E-state index < -0.39 is 22.5 Å². The zero-order valence-electron chi connectivity index (χ0n) is 18.5. The first-order chi connectivity index (χ1) is 15.1. The maximum absolute atomic E-state index is 11.4. The predicted molar refractivity (Wildman–Crippen MR) is 121 cm³/mol. The second kappa shape index (κ2) is 9.62. The molecule has 4 aromatic heterocycles. The average Bonchev–Trinajstić information content (AvgIpc) is 3.29. The van der Waals surface area contributed by atoms with Gasteiger partial charge in [-0.25, -0.2) is 19.6 Å². The third-order valence-electron chi connectivity index (χ3n) is 4.79. The number of H-pyrrole nitrogens is 6. The predicted octanol–water partition coefficient (Wildman–Crippen LogP) is 1.06. The van der Waals surface area contributed by atoms with Crippen molar-refractivity contribution in [3.05, 3.63) is 53.3 Å². The van der Waals surface area contributed by atoms with Gasteiger partial charge >= 0.3 is 11.4 Å². The van der Waals surface area contributed by atoms with Crippen LogP contribution >= 0.6 is 0 Å². The first-order valence-corrected chi connectivity index (χ1v) is 10.5. The highest BCUT2D eigenvalue weighted by molar-refractivity contribution is 5.69. The average molecular weight is 444 g/mol. The summed E-state index contributed by atoms with van der Waals surface area (Å²) < 4.78 is 0. The van der Waals surface area contributed by atoms with Gasteiger partial charge in [-0.1, -0.05) is 27.7 Å². The summed E-state index contributed by atoms with van der Waals surface area (Å²) in [6, 6.07) is 0. The molecule has 0 aliphatic heterocycles. The third kappa shape index (κ3) is 5.71. The summed E-state index contributed by atoms with van der Waals surface area (Å²) in [6.45, 7) is 8.49. The van der Waals surface area contributed by atoms with Crippen LogP contribution in [0.1, 0.15) is 52.2 Å². The molecule has 0 aliphatic carbocycles. The van der Waals surface area contributed by atoms with Crippen LogP contribution in [0.2, 0.25) is 0 Å². The van der Waals surface area contributed by atoms with Crippen LogP contribution in [0, 0.1) is 11.8 Å². The van der Waals surface area contributed by atoms with Crippen LogP contribution in [0.4, 0.5) is 0 Å². The smallest absolute Gasteiger partial charge is 0.327 e. The lowest BCUT2D eigenvalue weighted by Gasteiger charge is -2.00. The van der Waals surface area contributed by atoms with E-state index in [-0.39, 0.29) is 0 Å². The largest absolute Gasteiger partial charge is 0.336 e. The van der Waals surface area contributed by atoms with E-state index in [9.17, 15) is 19.2 Å². The van der Waals surface area contributed by atoms with Crippen LogP contribution in [-0.2, 0) is 12.8 Å². The number of fused-ring (bicyclic) bond motifs is 2. The molecule has 0 spiro atoms. The van der Waals surface area contributed by atoms with Crippen molar-refractivity contribution in [1.82, 2.24) is 39.9 Å². The molecule has 12 nitrogen and oxygen atoms in total. The number of nitrogens with one attached hydrogen (secondary N) is 6. The maximum Gasteiger partial charge on any atom is 0.327 e. The monoisotopic (exact) mass is 444 g/mol. The SMILES string of the molecule is CC(C)CCc1nc2[nH]c(=O)[nH]c(=O)c2[nH]1.CC(C)CCc1nc2[nH]c(=O)[nH]c(=O)c2[nH]1. The number of imidazole rings is 2. The van der Waals surface area contributed by atoms with Crippen molar-refractivity contribution < 1.29 is 0 Å². The topological polar surface area (TPSA) is 189 Å². The highest BCUT2D eigenvalue weighted by Gasteiger charge is 2.09. The van der Waals surface area contributed by atoms with Gasteiger partial charge in [-0.3, -0.25) is 29.5 Å². The number of aryl methyl sites for hydroxylation is 2. The zero-order chi connectivity index (χ0) is 23.4. The molecule has 0 saturated carbocycles. The molecule has 0 saturated heterocycles. The van der Waals surface area contributed by atoms with E-state index in [0.29, 0.717) is 34.2 Å². The van der Waals surface area contributed by atoms with Gasteiger partial charge in [0.15, 0.2) is 11.3 Å². The van der Waals surface area contributed by atoms with Crippen molar-refractivity contribution in [1.29, 1.82) is 0 Å². The Morgan fingerprint density at radius 3 is 1.31 bits per heavy atom. The van der Waals surface area contributed by atoms with Crippen molar-refractivity contribution in [3.8, 4) is 0 Å². The molecular weight excluding hydrogens is 416 g/mol. The minimum Gasteiger partial charge on any atom is -0.336 e. The molecule has 12 heteroatoms. The molecule has 0 atom stereocenters. The van der Waals surface area contributed by atoms with E-state index in [1.807, 2.05) is 0 Å². The van der Waals surface area contributed by atoms with Gasteiger partial charge < -0.3 is 9.97 Å². The van der Waals surface area contributed by atoms with Crippen LogP contribution in [0.5, 0.6) is 0 Å². The van der Waals surface area contributed by atoms with Gasteiger partial charge in [0.05, 0.1) is 0 Å². The summed E-state index contributed by atoms with van der Waals surface area (Å²) >= 11 is 0. The molecule has 172 valence electrons. The summed E-state index contributed by atoms with van der Waals surface area (Å²) in [5.41, 5.74) is -0.598. The highest BCUT2D eigenvalue weighted by Crippen LogP contribution is 2.09. The molecule has 0 aromatic carbocycles. The Hall–Kier alpha value is -3.70. The van der Waals surface area contributed by atoms with Gasteiger partial charge in [-0.2, -0.15) is 0 Å². The van der Waals surface area contributed by atoms with Crippen LogP contribution in [-0.4, -0.2) is 39.9 Å². The lowest BCUT2D eigenvalue weighted by Crippen LogP contribution is -2.21. The highest BCUT2D eigenvalue weighted by atomic mass is 16.2. The Labute approximate surface area is 181 Å². The Bertz CT molecular complexity index is 1320. The molecule has 0 unspecified atom stereocenters. The second-order valence-corrected chi connectivity index (χ2v) is 8.50. The molecule has 0 radical (unpaired) electrons. The van der Waals surface area contributed by atoms with Gasteiger partial charge in [0.25, 0.3) is 11.1 Å². The summed E-state index contributed by atoms with van der Waals surface area (Å²) in [5, 5.41) is 0. The Balaban J connectivity index is 0.000000181. The Morgan fingerprint density at radius 1 is 0.594 bits per heavy atom. The fraction of sp³-hybridized carbons (Fsp3) is 0.500. The van der Waals surface area contributed by atoms with Gasteiger partial charge in [-0.05, 0) is 24.7 Å². The zero-order valence-corrected chi connectivity index (χ0v) is 18.5. The Kier molecular flexibility index (Phi) is 6.91. The number of aromatic amines is 6. The molecule has 32 heavy (non-hydrogen) atoms. The lowest BCUT2D eigenvalue weighted by molar-refractivity contribution is 0.577. The maximum atomic E-state index is 11.4. The normalized spacial score (nSPS) is 11.4. The van der Waals surface area contributed by atoms with E-state index in [1.54, 1.807) is 0 Å². The van der Waals surface area contributed by atoms with E-state index >= 15 is 0 Å². The van der Waals surface area contributed by atoms with Crippen LogP contribution in [0.25, 0.3) is 22.3 Å². The molecule has 4 rings (SSSR count). The van der Waals surface area contributed by atoms with Crippen molar-refractivity contribution in [3.63, 3.8) is 0 Å². The minimum absolute atomic E-state index is 0.326. The first-order valence-electron chi connectivity index (χ1n) is 10.5. The second-order valence-electron chi connectivity index (χ2n) is 8.50. The minimum atomic E-state index is -0.528. The van der Waals surface area contributed by atoms with Crippen LogP contribution in [0.3, 0.4) is 0 Å². The van der Waals surface area contributed by atoms with Gasteiger partial charge in [0.2, 0.25) is 0 Å². The van der Waals surface area contributed by atoms with Gasteiger partial charge in [0, 0.05) is 12.8 Å².